The number of para-hydroxylation sites is 1. The van der Waals surface area contributed by atoms with Gasteiger partial charge in [0.1, 0.15) is 0 Å². The second-order valence-corrected chi connectivity index (χ2v) is 5.73. The van der Waals surface area contributed by atoms with Crippen LogP contribution < -0.4 is 10.6 Å². The molecule has 1 aromatic carbocycles. The van der Waals surface area contributed by atoms with Gasteiger partial charge < -0.3 is 15.5 Å². The quantitative estimate of drug-likeness (QED) is 0.835. The monoisotopic (exact) mass is 396 g/mol. The van der Waals surface area contributed by atoms with Gasteiger partial charge in [0.25, 0.3) is 11.8 Å². The average Bonchev–Trinajstić information content (AvgIpc) is 2.64. The van der Waals surface area contributed by atoms with Crippen molar-refractivity contribution in [2.75, 3.05) is 31.5 Å². The molecule has 1 fully saturated rings. The van der Waals surface area contributed by atoms with Gasteiger partial charge in [-0.2, -0.15) is 0 Å². The first-order chi connectivity index (χ1) is 11.7. The predicted octanol–water partition coefficient (Wildman–Crippen LogP) is 2.53. The highest BCUT2D eigenvalue weighted by atomic mass is 35.5. The Morgan fingerprint density at radius 1 is 1.08 bits per heavy atom. The van der Waals surface area contributed by atoms with Crippen molar-refractivity contribution in [2.24, 2.45) is 0 Å². The van der Waals surface area contributed by atoms with Crippen LogP contribution in [0.15, 0.2) is 42.7 Å². The third-order valence-electron chi connectivity index (χ3n) is 4.09. The van der Waals surface area contributed by atoms with Gasteiger partial charge in [-0.25, -0.2) is 0 Å². The number of piperazine rings is 1. The van der Waals surface area contributed by atoms with Crippen molar-refractivity contribution in [1.29, 1.82) is 0 Å². The smallest absolute Gasteiger partial charge is 0.256 e. The summed E-state index contributed by atoms with van der Waals surface area (Å²) in [5, 5.41) is 6.12. The molecule has 26 heavy (non-hydrogen) atoms. The number of carbonyl (C=O) groups is 2. The van der Waals surface area contributed by atoms with Crippen molar-refractivity contribution in [3.63, 3.8) is 0 Å². The Bertz CT molecular complexity index is 750. The Balaban J connectivity index is 0.00000169. The molecular weight excluding hydrogens is 375 g/mol. The van der Waals surface area contributed by atoms with E-state index in [-0.39, 0.29) is 36.6 Å². The normalized spacial score (nSPS) is 13.2. The van der Waals surface area contributed by atoms with Crippen LogP contribution in [-0.2, 0) is 0 Å². The summed E-state index contributed by atoms with van der Waals surface area (Å²) in [4.78, 5) is 31.0. The van der Waals surface area contributed by atoms with E-state index in [0.29, 0.717) is 29.9 Å². The van der Waals surface area contributed by atoms with E-state index in [0.717, 1.165) is 18.7 Å². The molecule has 2 N–H and O–H groups in total. The first-order valence-corrected chi connectivity index (χ1v) is 7.98. The predicted molar refractivity (Wildman–Crippen MR) is 107 cm³/mol. The fourth-order valence-corrected chi connectivity index (χ4v) is 2.74. The molecule has 0 radical (unpaired) electrons. The molecule has 0 saturated carbocycles. The second kappa shape index (κ2) is 10.1. The van der Waals surface area contributed by atoms with Gasteiger partial charge in [-0.3, -0.25) is 14.6 Å². The number of rotatable bonds is 3. The number of benzene rings is 1. The number of aromatic nitrogens is 1. The highest BCUT2D eigenvalue weighted by molar-refractivity contribution is 6.09. The van der Waals surface area contributed by atoms with Crippen LogP contribution >= 0.6 is 24.8 Å². The zero-order valence-corrected chi connectivity index (χ0v) is 16.0. The van der Waals surface area contributed by atoms with Crippen LogP contribution in [-0.4, -0.2) is 47.9 Å². The Morgan fingerprint density at radius 3 is 2.38 bits per heavy atom. The molecule has 0 atom stereocenters. The molecule has 0 spiro atoms. The molecule has 2 heterocycles. The van der Waals surface area contributed by atoms with Gasteiger partial charge >= 0.3 is 0 Å². The van der Waals surface area contributed by atoms with Crippen molar-refractivity contribution in [3.8, 4) is 0 Å². The Morgan fingerprint density at radius 2 is 1.73 bits per heavy atom. The maximum absolute atomic E-state index is 12.8. The number of anilines is 1. The Kier molecular flexibility index (Phi) is 8.51. The number of hydrogen-bond donors (Lipinski definition) is 2. The molecule has 8 heteroatoms. The fraction of sp³-hybridized carbons (Fsp3) is 0.278. The minimum Gasteiger partial charge on any atom is -0.336 e. The fourth-order valence-electron chi connectivity index (χ4n) is 2.74. The second-order valence-electron chi connectivity index (χ2n) is 5.73. The highest BCUT2D eigenvalue weighted by Crippen LogP contribution is 2.23. The summed E-state index contributed by atoms with van der Waals surface area (Å²) in [6.07, 6.45) is 3.14. The summed E-state index contributed by atoms with van der Waals surface area (Å²) in [7, 11) is 0. The summed E-state index contributed by atoms with van der Waals surface area (Å²) < 4.78 is 0. The van der Waals surface area contributed by atoms with Crippen LogP contribution in [0.1, 0.15) is 26.3 Å². The molecule has 0 aliphatic carbocycles. The molecule has 0 bridgehead atoms. The average molecular weight is 397 g/mol. The van der Waals surface area contributed by atoms with Crippen LogP contribution in [0.5, 0.6) is 0 Å². The third kappa shape index (κ3) is 4.94. The summed E-state index contributed by atoms with van der Waals surface area (Å²) in [5.41, 5.74) is 2.47. The van der Waals surface area contributed by atoms with Gasteiger partial charge in [0.2, 0.25) is 0 Å². The van der Waals surface area contributed by atoms with Crippen LogP contribution in [0.25, 0.3) is 0 Å². The number of nitrogens with one attached hydrogen (secondary N) is 2. The number of amides is 2. The molecule has 140 valence electrons. The zero-order valence-electron chi connectivity index (χ0n) is 14.4. The van der Waals surface area contributed by atoms with Gasteiger partial charge in [-0.1, -0.05) is 12.1 Å². The Hall–Kier alpha value is -2.15. The minimum absolute atomic E-state index is 0. The summed E-state index contributed by atoms with van der Waals surface area (Å²) in [5.74, 6) is -0.300. The van der Waals surface area contributed by atoms with Crippen molar-refractivity contribution in [3.05, 3.63) is 59.4 Å². The number of nitrogens with zero attached hydrogens (tertiary/aromatic N) is 2. The van der Waals surface area contributed by atoms with E-state index in [1.807, 2.05) is 24.0 Å². The lowest BCUT2D eigenvalue weighted by Gasteiger charge is -2.28. The molecule has 2 aromatic rings. The van der Waals surface area contributed by atoms with E-state index in [4.69, 9.17) is 0 Å². The van der Waals surface area contributed by atoms with Crippen molar-refractivity contribution in [2.45, 2.75) is 6.92 Å². The minimum atomic E-state index is -0.249. The largest absolute Gasteiger partial charge is 0.336 e. The lowest BCUT2D eigenvalue weighted by molar-refractivity contribution is 0.0737. The SMILES string of the molecule is Cc1cccc(C(=O)N2CCNCC2)c1NC(=O)c1ccncc1.Cl.Cl. The standard InChI is InChI=1S/C18H20N4O2.2ClH/c1-13-3-2-4-15(18(24)22-11-9-20-10-12-22)16(13)21-17(23)14-5-7-19-8-6-14;;/h2-8,20H,9-12H2,1H3,(H,21,23);2*1H. The molecule has 1 aliphatic heterocycles. The third-order valence-corrected chi connectivity index (χ3v) is 4.09. The van der Waals surface area contributed by atoms with E-state index >= 15 is 0 Å². The molecule has 1 aromatic heterocycles. The summed E-state index contributed by atoms with van der Waals surface area (Å²) in [6, 6.07) is 8.78. The Labute approximate surface area is 165 Å². The van der Waals surface area contributed by atoms with Crippen LogP contribution in [0.3, 0.4) is 0 Å². The molecule has 0 unspecified atom stereocenters. The van der Waals surface area contributed by atoms with E-state index in [2.05, 4.69) is 15.6 Å². The van der Waals surface area contributed by atoms with Crippen molar-refractivity contribution < 1.29 is 9.59 Å². The zero-order chi connectivity index (χ0) is 16.9. The molecule has 3 rings (SSSR count). The van der Waals surface area contributed by atoms with Gasteiger partial charge in [0.05, 0.1) is 11.3 Å². The van der Waals surface area contributed by atoms with Crippen LogP contribution in [0.2, 0.25) is 0 Å². The van der Waals surface area contributed by atoms with E-state index in [1.54, 1.807) is 30.6 Å². The maximum atomic E-state index is 12.8. The van der Waals surface area contributed by atoms with Gasteiger partial charge in [0, 0.05) is 44.1 Å². The number of aryl methyl sites for hydroxylation is 1. The van der Waals surface area contributed by atoms with Gasteiger partial charge in [-0.15, -0.1) is 24.8 Å². The lowest BCUT2D eigenvalue weighted by Crippen LogP contribution is -2.46. The van der Waals surface area contributed by atoms with Gasteiger partial charge in [0.15, 0.2) is 0 Å². The number of carbonyl (C=O) groups excluding carboxylic acids is 2. The van der Waals surface area contributed by atoms with Crippen LogP contribution in [0.4, 0.5) is 5.69 Å². The lowest BCUT2D eigenvalue weighted by atomic mass is 10.1. The number of halogens is 2. The summed E-state index contributed by atoms with van der Waals surface area (Å²) in [6.45, 7) is 4.80. The number of pyridine rings is 1. The topological polar surface area (TPSA) is 74.3 Å². The van der Waals surface area contributed by atoms with E-state index < -0.39 is 0 Å². The molecular formula is C18H22Cl2N4O2. The van der Waals surface area contributed by atoms with E-state index in [9.17, 15) is 9.59 Å². The number of hydrogen-bond acceptors (Lipinski definition) is 4. The van der Waals surface area contributed by atoms with Crippen molar-refractivity contribution in [1.82, 2.24) is 15.2 Å². The first-order valence-electron chi connectivity index (χ1n) is 7.98. The molecule has 1 aliphatic rings. The van der Waals surface area contributed by atoms with Gasteiger partial charge in [-0.05, 0) is 30.7 Å². The molecule has 6 nitrogen and oxygen atoms in total. The van der Waals surface area contributed by atoms with Crippen molar-refractivity contribution >= 4 is 42.3 Å². The highest BCUT2D eigenvalue weighted by Gasteiger charge is 2.22. The molecule has 1 saturated heterocycles. The van der Waals surface area contributed by atoms with Crippen LogP contribution in [0, 0.1) is 6.92 Å². The summed E-state index contributed by atoms with van der Waals surface area (Å²) >= 11 is 0. The molecule has 2 amide bonds. The van der Waals surface area contributed by atoms with E-state index in [1.165, 1.54) is 0 Å². The maximum Gasteiger partial charge on any atom is 0.256 e. The first kappa shape index (κ1) is 21.9.